The minimum Gasteiger partial charge on any atom is -0.227 e. The van der Waals surface area contributed by atoms with Gasteiger partial charge in [0.25, 0.3) is 0 Å². The molecule has 3 aromatic rings. The summed E-state index contributed by atoms with van der Waals surface area (Å²) in [7, 11) is 0. The normalized spacial score (nSPS) is 11.4. The molecule has 0 saturated heterocycles. The van der Waals surface area contributed by atoms with Gasteiger partial charge in [0.1, 0.15) is 0 Å². The van der Waals surface area contributed by atoms with E-state index in [0.29, 0.717) is 5.92 Å². The number of nitrogens with zero attached hydrogens (tertiary/aromatic N) is 2. The van der Waals surface area contributed by atoms with E-state index in [1.54, 1.807) is 11.3 Å². The first kappa shape index (κ1) is 14.7. The summed E-state index contributed by atoms with van der Waals surface area (Å²) in [5, 5.41) is 2.83. The van der Waals surface area contributed by atoms with Crippen LogP contribution < -0.4 is 0 Å². The van der Waals surface area contributed by atoms with E-state index in [2.05, 4.69) is 60.2 Å². The van der Waals surface area contributed by atoms with Gasteiger partial charge in [-0.25, -0.2) is 9.98 Å². The highest BCUT2D eigenvalue weighted by Gasteiger charge is 2.02. The minimum atomic E-state index is 0.554. The van der Waals surface area contributed by atoms with E-state index in [1.165, 1.54) is 5.56 Å². The molecular weight excluding hydrogens is 288 g/mol. The van der Waals surface area contributed by atoms with Crippen LogP contribution in [-0.4, -0.2) is 11.2 Å². The molecule has 1 aromatic heterocycles. The van der Waals surface area contributed by atoms with Gasteiger partial charge in [-0.15, -0.1) is 11.3 Å². The molecule has 22 heavy (non-hydrogen) atoms. The predicted molar refractivity (Wildman–Crippen MR) is 95.3 cm³/mol. The van der Waals surface area contributed by atoms with Crippen molar-refractivity contribution in [1.82, 2.24) is 4.98 Å². The average Bonchev–Trinajstić information content (AvgIpc) is 3.03. The number of aromatic nitrogens is 1. The van der Waals surface area contributed by atoms with E-state index in [9.17, 15) is 0 Å². The fraction of sp³-hybridized carbons (Fsp3) is 0.158. The Labute approximate surface area is 135 Å². The van der Waals surface area contributed by atoms with Crippen LogP contribution >= 0.6 is 11.3 Å². The second-order valence-electron chi connectivity index (χ2n) is 5.46. The van der Waals surface area contributed by atoms with Crippen LogP contribution in [-0.2, 0) is 0 Å². The second kappa shape index (κ2) is 6.67. The molecule has 0 atom stereocenters. The van der Waals surface area contributed by atoms with Gasteiger partial charge in [0.2, 0.25) is 5.13 Å². The van der Waals surface area contributed by atoms with Crippen molar-refractivity contribution in [2.45, 2.75) is 19.8 Å². The molecule has 0 unspecified atom stereocenters. The van der Waals surface area contributed by atoms with Crippen molar-refractivity contribution in [2.75, 3.05) is 0 Å². The van der Waals surface area contributed by atoms with Crippen LogP contribution in [0.3, 0.4) is 0 Å². The monoisotopic (exact) mass is 306 g/mol. The maximum Gasteiger partial charge on any atom is 0.209 e. The molecule has 0 N–H and O–H groups in total. The zero-order valence-corrected chi connectivity index (χ0v) is 13.5. The SMILES string of the molecule is CC(C)c1ccc(C=Nc2nc(-c3ccccc3)cs2)cc1. The standard InChI is InChI=1S/C19H18N2S/c1-14(2)16-10-8-15(9-11-16)12-20-19-21-18(13-22-19)17-6-4-3-5-7-17/h3-14H,1-2H3. The lowest BCUT2D eigenvalue weighted by Gasteiger charge is -2.04. The van der Waals surface area contributed by atoms with Crippen molar-refractivity contribution in [2.24, 2.45) is 4.99 Å². The maximum absolute atomic E-state index is 4.56. The highest BCUT2D eigenvalue weighted by atomic mass is 32.1. The molecule has 0 spiro atoms. The zero-order valence-electron chi connectivity index (χ0n) is 12.7. The first-order chi connectivity index (χ1) is 10.7. The van der Waals surface area contributed by atoms with Crippen molar-refractivity contribution in [3.8, 4) is 11.3 Å². The van der Waals surface area contributed by atoms with Crippen LogP contribution in [0.15, 0.2) is 65.0 Å². The molecule has 0 amide bonds. The molecule has 0 aliphatic heterocycles. The van der Waals surface area contributed by atoms with Crippen molar-refractivity contribution in [3.63, 3.8) is 0 Å². The number of hydrogen-bond acceptors (Lipinski definition) is 3. The Bertz CT molecular complexity index is 756. The number of aliphatic imine (C=N–C) groups is 1. The molecule has 3 rings (SSSR count). The quantitative estimate of drug-likeness (QED) is 0.569. The van der Waals surface area contributed by atoms with Gasteiger partial charge < -0.3 is 0 Å². The summed E-state index contributed by atoms with van der Waals surface area (Å²) in [4.78, 5) is 9.04. The summed E-state index contributed by atoms with van der Waals surface area (Å²) in [5.41, 5.74) is 4.55. The third-order valence-electron chi connectivity index (χ3n) is 3.49. The summed E-state index contributed by atoms with van der Waals surface area (Å²) < 4.78 is 0. The van der Waals surface area contributed by atoms with Crippen molar-refractivity contribution < 1.29 is 0 Å². The predicted octanol–water partition coefficient (Wildman–Crippen LogP) is 5.68. The van der Waals surface area contributed by atoms with E-state index in [1.807, 2.05) is 29.8 Å². The van der Waals surface area contributed by atoms with Gasteiger partial charge in [0.15, 0.2) is 0 Å². The molecule has 0 bridgehead atoms. The maximum atomic E-state index is 4.56. The summed E-state index contributed by atoms with van der Waals surface area (Å²) in [5.74, 6) is 0.554. The number of benzene rings is 2. The van der Waals surface area contributed by atoms with E-state index < -0.39 is 0 Å². The van der Waals surface area contributed by atoms with Gasteiger partial charge in [0, 0.05) is 17.2 Å². The number of rotatable bonds is 4. The molecular formula is C19H18N2S. The molecule has 110 valence electrons. The molecule has 2 aromatic carbocycles. The minimum absolute atomic E-state index is 0.554. The van der Waals surface area contributed by atoms with E-state index in [-0.39, 0.29) is 0 Å². The Morgan fingerprint density at radius 3 is 2.41 bits per heavy atom. The van der Waals surface area contributed by atoms with Crippen LogP contribution in [0.2, 0.25) is 0 Å². The van der Waals surface area contributed by atoms with Gasteiger partial charge in [-0.1, -0.05) is 68.4 Å². The highest BCUT2D eigenvalue weighted by Crippen LogP contribution is 2.26. The molecule has 0 saturated carbocycles. The largest absolute Gasteiger partial charge is 0.227 e. The first-order valence-corrected chi connectivity index (χ1v) is 8.25. The van der Waals surface area contributed by atoms with Gasteiger partial charge in [-0.2, -0.15) is 0 Å². The van der Waals surface area contributed by atoms with E-state index in [0.717, 1.165) is 22.0 Å². The lowest BCUT2D eigenvalue weighted by atomic mass is 10.0. The molecule has 2 nitrogen and oxygen atoms in total. The molecule has 0 aliphatic rings. The molecule has 0 aliphatic carbocycles. The molecule has 0 radical (unpaired) electrons. The Hall–Kier alpha value is -2.26. The Balaban J connectivity index is 1.74. The highest BCUT2D eigenvalue weighted by molar-refractivity contribution is 7.13. The molecule has 1 heterocycles. The smallest absolute Gasteiger partial charge is 0.209 e. The lowest BCUT2D eigenvalue weighted by molar-refractivity contribution is 0.866. The number of thiazole rings is 1. The van der Waals surface area contributed by atoms with Crippen molar-refractivity contribution in [1.29, 1.82) is 0 Å². The third-order valence-corrected chi connectivity index (χ3v) is 4.24. The van der Waals surface area contributed by atoms with Crippen LogP contribution in [0.25, 0.3) is 11.3 Å². The fourth-order valence-electron chi connectivity index (χ4n) is 2.16. The summed E-state index contributed by atoms with van der Waals surface area (Å²) >= 11 is 1.56. The summed E-state index contributed by atoms with van der Waals surface area (Å²) in [6.07, 6.45) is 1.87. The van der Waals surface area contributed by atoms with Crippen LogP contribution in [0.1, 0.15) is 30.9 Å². The van der Waals surface area contributed by atoms with Gasteiger partial charge in [-0.05, 0) is 17.0 Å². The topological polar surface area (TPSA) is 25.2 Å². The number of hydrogen-bond donors (Lipinski definition) is 0. The Kier molecular flexibility index (Phi) is 4.45. The van der Waals surface area contributed by atoms with Gasteiger partial charge in [0.05, 0.1) is 5.69 Å². The van der Waals surface area contributed by atoms with E-state index >= 15 is 0 Å². The van der Waals surface area contributed by atoms with Crippen molar-refractivity contribution >= 4 is 22.7 Å². The average molecular weight is 306 g/mol. The first-order valence-electron chi connectivity index (χ1n) is 7.37. The third kappa shape index (κ3) is 3.49. The summed E-state index contributed by atoms with van der Waals surface area (Å²) in [6.45, 7) is 4.40. The summed E-state index contributed by atoms with van der Waals surface area (Å²) in [6, 6.07) is 18.7. The molecule has 0 fully saturated rings. The van der Waals surface area contributed by atoms with Crippen LogP contribution in [0, 0.1) is 0 Å². The van der Waals surface area contributed by atoms with Crippen LogP contribution in [0.5, 0.6) is 0 Å². The zero-order chi connectivity index (χ0) is 15.4. The van der Waals surface area contributed by atoms with Gasteiger partial charge in [-0.3, -0.25) is 0 Å². The van der Waals surface area contributed by atoms with Gasteiger partial charge >= 0.3 is 0 Å². The van der Waals surface area contributed by atoms with Crippen molar-refractivity contribution in [3.05, 3.63) is 71.1 Å². The molecule has 3 heteroatoms. The Morgan fingerprint density at radius 2 is 1.73 bits per heavy atom. The lowest BCUT2D eigenvalue weighted by Crippen LogP contribution is -1.87. The van der Waals surface area contributed by atoms with E-state index in [4.69, 9.17) is 0 Å². The van der Waals surface area contributed by atoms with Crippen LogP contribution in [0.4, 0.5) is 5.13 Å². The second-order valence-corrected chi connectivity index (χ2v) is 6.30. The fourth-order valence-corrected chi connectivity index (χ4v) is 2.83. The Morgan fingerprint density at radius 1 is 1.00 bits per heavy atom.